The minimum absolute atomic E-state index is 0.0678. The fraction of sp³-hybridized carbons (Fsp3) is 0.417. The van der Waals surface area contributed by atoms with Gasteiger partial charge in [-0.25, -0.2) is 12.7 Å². The molecule has 5 nitrogen and oxygen atoms in total. The summed E-state index contributed by atoms with van der Waals surface area (Å²) in [5, 5.41) is 2.69. The Morgan fingerprint density at radius 2 is 1.78 bits per heavy atom. The lowest BCUT2D eigenvalue weighted by Gasteiger charge is -2.11. The first-order chi connectivity index (χ1) is 8.34. The van der Waals surface area contributed by atoms with E-state index in [9.17, 15) is 13.2 Å². The van der Waals surface area contributed by atoms with E-state index in [1.807, 2.05) is 0 Å². The molecule has 100 valence electrons. The van der Waals surface area contributed by atoms with E-state index in [2.05, 4.69) is 5.32 Å². The quantitative estimate of drug-likeness (QED) is 0.852. The molecule has 0 heterocycles. The first-order valence-corrected chi connectivity index (χ1v) is 7.04. The Bertz CT molecular complexity index is 507. The lowest BCUT2D eigenvalue weighted by Crippen LogP contribution is -2.23. The zero-order valence-corrected chi connectivity index (χ0v) is 11.6. The standard InChI is InChI=1S/C12H18N2O3S/c1-10(15)13-9-8-11-4-6-12(7-5-11)18(16,17)14(2)3/h4-7H,8-9H2,1-3H3,(H,13,15). The van der Waals surface area contributed by atoms with Crippen LogP contribution in [-0.4, -0.2) is 39.3 Å². The van der Waals surface area contributed by atoms with Crippen molar-refractivity contribution in [2.24, 2.45) is 0 Å². The molecule has 0 unspecified atom stereocenters. The molecule has 0 fully saturated rings. The fourth-order valence-electron chi connectivity index (χ4n) is 1.42. The first kappa shape index (κ1) is 14.7. The second kappa shape index (κ2) is 5.97. The number of hydrogen-bond donors (Lipinski definition) is 1. The Kier molecular flexibility index (Phi) is 4.86. The molecule has 0 atom stereocenters. The van der Waals surface area contributed by atoms with Gasteiger partial charge in [0.05, 0.1) is 4.90 Å². The molecule has 0 aliphatic rings. The van der Waals surface area contributed by atoms with E-state index >= 15 is 0 Å². The molecular formula is C12H18N2O3S. The van der Waals surface area contributed by atoms with Gasteiger partial charge in [0.1, 0.15) is 0 Å². The lowest BCUT2D eigenvalue weighted by atomic mass is 10.1. The Morgan fingerprint density at radius 1 is 1.22 bits per heavy atom. The normalized spacial score (nSPS) is 11.6. The summed E-state index contributed by atoms with van der Waals surface area (Å²) in [6, 6.07) is 6.69. The number of rotatable bonds is 5. The highest BCUT2D eigenvalue weighted by Crippen LogP contribution is 2.14. The molecule has 1 rings (SSSR count). The van der Waals surface area contributed by atoms with Crippen molar-refractivity contribution in [3.8, 4) is 0 Å². The SMILES string of the molecule is CC(=O)NCCc1ccc(S(=O)(=O)N(C)C)cc1. The van der Waals surface area contributed by atoms with Crippen LogP contribution < -0.4 is 5.32 Å². The van der Waals surface area contributed by atoms with Crippen molar-refractivity contribution >= 4 is 15.9 Å². The van der Waals surface area contributed by atoms with Crippen LogP contribution in [0, 0.1) is 0 Å². The first-order valence-electron chi connectivity index (χ1n) is 5.60. The van der Waals surface area contributed by atoms with E-state index in [0.717, 1.165) is 5.56 Å². The van der Waals surface area contributed by atoms with Gasteiger partial charge in [-0.1, -0.05) is 12.1 Å². The molecule has 6 heteroatoms. The van der Waals surface area contributed by atoms with Gasteiger partial charge in [-0.3, -0.25) is 4.79 Å². The molecule has 0 radical (unpaired) electrons. The van der Waals surface area contributed by atoms with Crippen LogP contribution in [0.3, 0.4) is 0 Å². The van der Waals surface area contributed by atoms with Gasteiger partial charge in [-0.15, -0.1) is 0 Å². The average Bonchev–Trinajstić information content (AvgIpc) is 2.29. The summed E-state index contributed by atoms with van der Waals surface area (Å²) in [4.78, 5) is 11.0. The number of benzene rings is 1. The number of sulfonamides is 1. The highest BCUT2D eigenvalue weighted by atomic mass is 32.2. The van der Waals surface area contributed by atoms with E-state index in [0.29, 0.717) is 13.0 Å². The van der Waals surface area contributed by atoms with Crippen LogP contribution in [0.1, 0.15) is 12.5 Å². The van der Waals surface area contributed by atoms with E-state index in [1.165, 1.54) is 25.3 Å². The van der Waals surface area contributed by atoms with Gasteiger partial charge in [-0.2, -0.15) is 0 Å². The predicted molar refractivity (Wildman–Crippen MR) is 69.7 cm³/mol. The molecule has 0 saturated heterocycles. The molecule has 0 aromatic heterocycles. The molecule has 1 aromatic rings. The molecule has 0 bridgehead atoms. The zero-order chi connectivity index (χ0) is 13.8. The number of carbonyl (C=O) groups excluding carboxylic acids is 1. The second-order valence-corrected chi connectivity index (χ2v) is 6.32. The van der Waals surface area contributed by atoms with Crippen molar-refractivity contribution in [1.82, 2.24) is 9.62 Å². The summed E-state index contributed by atoms with van der Waals surface area (Å²) in [6.45, 7) is 2.02. The van der Waals surface area contributed by atoms with Gasteiger partial charge in [0.15, 0.2) is 0 Å². The van der Waals surface area contributed by atoms with E-state index in [-0.39, 0.29) is 10.8 Å². The van der Waals surface area contributed by atoms with Gasteiger partial charge in [0, 0.05) is 27.6 Å². The van der Waals surface area contributed by atoms with Crippen LogP contribution in [0.2, 0.25) is 0 Å². The minimum Gasteiger partial charge on any atom is -0.356 e. The molecule has 1 N–H and O–H groups in total. The largest absolute Gasteiger partial charge is 0.356 e. The molecule has 0 aliphatic heterocycles. The van der Waals surface area contributed by atoms with Crippen LogP contribution in [-0.2, 0) is 21.2 Å². The van der Waals surface area contributed by atoms with Crippen molar-refractivity contribution < 1.29 is 13.2 Å². The Hall–Kier alpha value is -1.40. The topological polar surface area (TPSA) is 66.5 Å². The third-order valence-corrected chi connectivity index (χ3v) is 4.32. The van der Waals surface area contributed by atoms with Gasteiger partial charge in [0.2, 0.25) is 15.9 Å². The summed E-state index contributed by atoms with van der Waals surface area (Å²) in [5.41, 5.74) is 0.987. The minimum atomic E-state index is -3.36. The van der Waals surface area contributed by atoms with Crippen LogP contribution >= 0.6 is 0 Å². The molecule has 1 aromatic carbocycles. The fourth-order valence-corrected chi connectivity index (χ4v) is 2.32. The van der Waals surface area contributed by atoms with Crippen molar-refractivity contribution in [3.63, 3.8) is 0 Å². The third-order valence-electron chi connectivity index (χ3n) is 2.49. The highest BCUT2D eigenvalue weighted by molar-refractivity contribution is 7.89. The van der Waals surface area contributed by atoms with Gasteiger partial charge in [0.25, 0.3) is 0 Å². The molecule has 18 heavy (non-hydrogen) atoms. The van der Waals surface area contributed by atoms with Crippen LogP contribution in [0.15, 0.2) is 29.2 Å². The van der Waals surface area contributed by atoms with Crippen molar-refractivity contribution in [3.05, 3.63) is 29.8 Å². The van der Waals surface area contributed by atoms with Gasteiger partial charge in [-0.05, 0) is 24.1 Å². The summed E-state index contributed by atoms with van der Waals surface area (Å²) in [5.74, 6) is -0.0678. The number of hydrogen-bond acceptors (Lipinski definition) is 3. The molecule has 1 amide bonds. The number of amides is 1. The monoisotopic (exact) mass is 270 g/mol. The van der Waals surface area contributed by atoms with E-state index in [1.54, 1.807) is 24.3 Å². The van der Waals surface area contributed by atoms with Crippen molar-refractivity contribution in [2.45, 2.75) is 18.2 Å². The summed E-state index contributed by atoms with van der Waals surface area (Å²) < 4.78 is 24.8. The van der Waals surface area contributed by atoms with Gasteiger partial charge >= 0.3 is 0 Å². The highest BCUT2D eigenvalue weighted by Gasteiger charge is 2.16. The lowest BCUT2D eigenvalue weighted by molar-refractivity contribution is -0.118. The average molecular weight is 270 g/mol. The Morgan fingerprint density at radius 3 is 2.22 bits per heavy atom. The molecule has 0 aliphatic carbocycles. The maximum atomic E-state index is 11.8. The molecule has 0 spiro atoms. The Labute approximate surface area is 108 Å². The van der Waals surface area contributed by atoms with E-state index < -0.39 is 10.0 Å². The van der Waals surface area contributed by atoms with E-state index in [4.69, 9.17) is 0 Å². The molecular weight excluding hydrogens is 252 g/mol. The van der Waals surface area contributed by atoms with Crippen LogP contribution in [0.25, 0.3) is 0 Å². The number of nitrogens with zero attached hydrogens (tertiary/aromatic N) is 1. The zero-order valence-electron chi connectivity index (χ0n) is 10.8. The van der Waals surface area contributed by atoms with Crippen LogP contribution in [0.4, 0.5) is 0 Å². The van der Waals surface area contributed by atoms with Crippen LogP contribution in [0.5, 0.6) is 0 Å². The maximum Gasteiger partial charge on any atom is 0.242 e. The van der Waals surface area contributed by atoms with Crippen molar-refractivity contribution in [2.75, 3.05) is 20.6 Å². The van der Waals surface area contributed by atoms with Crippen molar-refractivity contribution in [1.29, 1.82) is 0 Å². The smallest absolute Gasteiger partial charge is 0.242 e. The summed E-state index contributed by atoms with van der Waals surface area (Å²) >= 11 is 0. The Balaban J connectivity index is 2.72. The predicted octanol–water partition coefficient (Wildman–Crippen LogP) is 0.616. The molecule has 0 saturated carbocycles. The number of nitrogens with one attached hydrogen (secondary N) is 1. The third kappa shape index (κ3) is 3.82. The maximum absolute atomic E-state index is 11.8. The van der Waals surface area contributed by atoms with Gasteiger partial charge < -0.3 is 5.32 Å². The number of carbonyl (C=O) groups is 1. The second-order valence-electron chi connectivity index (χ2n) is 4.16. The summed E-state index contributed by atoms with van der Waals surface area (Å²) in [7, 11) is -0.364. The summed E-state index contributed by atoms with van der Waals surface area (Å²) in [6.07, 6.45) is 0.682.